The first-order chi connectivity index (χ1) is 16.5. The Morgan fingerprint density at radius 1 is 1.23 bits per heavy atom. The summed E-state index contributed by atoms with van der Waals surface area (Å²) in [5.74, 6) is -2.82. The van der Waals surface area contributed by atoms with Crippen molar-refractivity contribution in [3.8, 4) is 0 Å². The average Bonchev–Trinajstić information content (AvgIpc) is 3.56. The lowest BCUT2D eigenvalue weighted by Gasteiger charge is -2.27. The summed E-state index contributed by atoms with van der Waals surface area (Å²) < 4.78 is 52.5. The van der Waals surface area contributed by atoms with Crippen LogP contribution in [0, 0.1) is 23.5 Å². The summed E-state index contributed by atoms with van der Waals surface area (Å²) in [6.07, 6.45) is 6.80. The molecule has 35 heavy (non-hydrogen) atoms. The molecule has 7 nitrogen and oxygen atoms in total. The van der Waals surface area contributed by atoms with Gasteiger partial charge in [-0.1, -0.05) is 17.7 Å². The molecule has 2 aromatic rings. The number of benzene rings is 1. The van der Waals surface area contributed by atoms with Crippen molar-refractivity contribution in [3.63, 3.8) is 0 Å². The van der Waals surface area contributed by atoms with E-state index in [9.17, 15) is 26.8 Å². The lowest BCUT2D eigenvalue weighted by molar-refractivity contribution is -0.125. The van der Waals surface area contributed by atoms with Crippen molar-refractivity contribution in [2.45, 2.75) is 36.2 Å². The fourth-order valence-electron chi connectivity index (χ4n) is 4.32. The first kappa shape index (κ1) is 25.2. The summed E-state index contributed by atoms with van der Waals surface area (Å²) in [6, 6.07) is 1.42. The predicted molar refractivity (Wildman–Crippen MR) is 125 cm³/mol. The van der Waals surface area contributed by atoms with Gasteiger partial charge in [-0.05, 0) is 49.3 Å². The minimum absolute atomic E-state index is 0.00366. The number of halogens is 3. The molecule has 1 aliphatic carbocycles. The van der Waals surface area contributed by atoms with Crippen molar-refractivity contribution in [2.24, 2.45) is 11.8 Å². The van der Waals surface area contributed by atoms with Crippen LogP contribution >= 0.6 is 11.6 Å². The second-order valence-electron chi connectivity index (χ2n) is 9.00. The van der Waals surface area contributed by atoms with Gasteiger partial charge in [0.1, 0.15) is 17.7 Å². The molecule has 2 fully saturated rings. The number of nitrogens with zero attached hydrogens (tertiary/aromatic N) is 2. The van der Waals surface area contributed by atoms with Gasteiger partial charge in [0.2, 0.25) is 5.91 Å². The number of aromatic nitrogens is 1. The van der Waals surface area contributed by atoms with Crippen LogP contribution in [0.15, 0.2) is 48.1 Å². The maximum absolute atomic E-state index is 14.6. The van der Waals surface area contributed by atoms with Gasteiger partial charge in [-0.25, -0.2) is 17.2 Å². The number of hydrogen-bond donors (Lipinski definition) is 1. The summed E-state index contributed by atoms with van der Waals surface area (Å²) in [4.78, 5) is 31.7. The van der Waals surface area contributed by atoms with Crippen molar-refractivity contribution in [1.82, 2.24) is 15.2 Å². The van der Waals surface area contributed by atoms with Gasteiger partial charge >= 0.3 is 0 Å². The lowest BCUT2D eigenvalue weighted by atomic mass is 10.00. The van der Waals surface area contributed by atoms with Crippen LogP contribution < -0.4 is 5.32 Å². The molecule has 0 bridgehead atoms. The summed E-state index contributed by atoms with van der Waals surface area (Å²) in [5.41, 5.74) is 0.0314. The van der Waals surface area contributed by atoms with Crippen LogP contribution in [0.2, 0.25) is 5.02 Å². The van der Waals surface area contributed by atoms with Crippen molar-refractivity contribution < 1.29 is 26.8 Å². The zero-order valence-corrected chi connectivity index (χ0v) is 20.5. The van der Waals surface area contributed by atoms with Crippen molar-refractivity contribution >= 4 is 33.3 Å². The monoisotopic (exact) mass is 523 g/mol. The van der Waals surface area contributed by atoms with Crippen LogP contribution in [0.1, 0.15) is 41.2 Å². The lowest BCUT2D eigenvalue weighted by Crippen LogP contribution is -2.47. The molecule has 1 saturated heterocycles. The van der Waals surface area contributed by atoms with E-state index in [1.807, 2.05) is 0 Å². The van der Waals surface area contributed by atoms with E-state index in [0.717, 1.165) is 37.4 Å². The van der Waals surface area contributed by atoms with Gasteiger partial charge in [0.25, 0.3) is 5.91 Å². The molecule has 3 atom stereocenters. The normalized spacial score (nSPS) is 21.0. The standard InChI is InChI=1S/C24H24ClF2N3O4S/c1-3-13-6-21(30(12-13)24(32)15-7-16(11-28-10-15)35(2,33)34)23(31)29-22(14-4-5-14)17-8-20(27)18(25)9-19(17)26/h3,7-11,13-14,21-22H,1,4-6,12H2,2H3,(H,29,31)/t13-,21-,22-/m1/s1. The first-order valence-electron chi connectivity index (χ1n) is 11.0. The highest BCUT2D eigenvalue weighted by molar-refractivity contribution is 7.90. The maximum atomic E-state index is 14.6. The zero-order chi connectivity index (χ0) is 25.5. The molecule has 2 amide bonds. The van der Waals surface area contributed by atoms with Crippen LogP contribution in [-0.4, -0.2) is 49.0 Å². The van der Waals surface area contributed by atoms with E-state index in [2.05, 4.69) is 16.9 Å². The Balaban J connectivity index is 1.61. The highest BCUT2D eigenvalue weighted by Gasteiger charge is 2.42. The highest BCUT2D eigenvalue weighted by atomic mass is 35.5. The summed E-state index contributed by atoms with van der Waals surface area (Å²) in [5, 5.41) is 2.46. The number of hydrogen-bond acceptors (Lipinski definition) is 5. The smallest absolute Gasteiger partial charge is 0.256 e. The van der Waals surface area contributed by atoms with Gasteiger partial charge in [-0.2, -0.15) is 0 Å². The third-order valence-electron chi connectivity index (χ3n) is 6.38. The fourth-order valence-corrected chi connectivity index (χ4v) is 5.07. The molecule has 11 heteroatoms. The van der Waals surface area contributed by atoms with E-state index in [1.165, 1.54) is 17.2 Å². The van der Waals surface area contributed by atoms with E-state index in [0.29, 0.717) is 0 Å². The van der Waals surface area contributed by atoms with Crippen molar-refractivity contribution in [1.29, 1.82) is 0 Å². The Morgan fingerprint density at radius 3 is 2.57 bits per heavy atom. The molecular formula is C24H24ClF2N3O4S. The quantitative estimate of drug-likeness (QED) is 0.441. The predicted octanol–water partition coefficient (Wildman–Crippen LogP) is 3.70. The molecule has 1 aliphatic heterocycles. The Hall–Kier alpha value is -2.85. The molecule has 2 aliphatic rings. The summed E-state index contributed by atoms with van der Waals surface area (Å²) >= 11 is 5.68. The Labute approximate surface area is 207 Å². The molecule has 1 N–H and O–H groups in total. The number of sulfone groups is 1. The van der Waals surface area contributed by atoms with E-state index in [4.69, 9.17) is 11.6 Å². The third kappa shape index (κ3) is 5.38. The molecular weight excluding hydrogens is 500 g/mol. The second kappa shape index (κ2) is 9.66. The Kier molecular flexibility index (Phi) is 6.97. The molecule has 1 aromatic carbocycles. The number of pyridine rings is 1. The van der Waals surface area contributed by atoms with Gasteiger partial charge in [0.05, 0.1) is 21.5 Å². The van der Waals surface area contributed by atoms with Crippen LogP contribution in [0.4, 0.5) is 8.78 Å². The molecule has 4 rings (SSSR count). The van der Waals surface area contributed by atoms with Gasteiger partial charge < -0.3 is 10.2 Å². The molecule has 0 spiro atoms. The van der Waals surface area contributed by atoms with Crippen LogP contribution in [0.25, 0.3) is 0 Å². The van der Waals surface area contributed by atoms with Crippen LogP contribution in [0.3, 0.4) is 0 Å². The molecule has 186 valence electrons. The average molecular weight is 524 g/mol. The topological polar surface area (TPSA) is 96.4 Å². The minimum Gasteiger partial charge on any atom is -0.347 e. The number of likely N-dealkylation sites (tertiary alicyclic amines) is 1. The number of carbonyl (C=O) groups excluding carboxylic acids is 2. The van der Waals surface area contributed by atoms with E-state index in [-0.39, 0.29) is 45.8 Å². The third-order valence-corrected chi connectivity index (χ3v) is 7.75. The van der Waals surface area contributed by atoms with Gasteiger partial charge in [0.15, 0.2) is 9.84 Å². The van der Waals surface area contributed by atoms with Crippen molar-refractivity contribution in [3.05, 3.63) is 71.0 Å². The Bertz CT molecular complexity index is 1300. The zero-order valence-electron chi connectivity index (χ0n) is 18.9. The van der Waals surface area contributed by atoms with Crippen LogP contribution in [-0.2, 0) is 14.6 Å². The van der Waals surface area contributed by atoms with E-state index >= 15 is 0 Å². The van der Waals surface area contributed by atoms with E-state index < -0.39 is 45.4 Å². The highest BCUT2D eigenvalue weighted by Crippen LogP contribution is 2.43. The molecule has 0 unspecified atom stereocenters. The molecule has 2 heterocycles. The summed E-state index contributed by atoms with van der Waals surface area (Å²) in [6.45, 7) is 3.96. The number of rotatable bonds is 7. The van der Waals surface area contributed by atoms with Gasteiger partial charge in [-0.15, -0.1) is 6.58 Å². The molecule has 1 saturated carbocycles. The second-order valence-corrected chi connectivity index (χ2v) is 11.4. The van der Waals surface area contributed by atoms with E-state index in [1.54, 1.807) is 6.08 Å². The number of carbonyl (C=O) groups is 2. The fraction of sp³-hybridized carbons (Fsp3) is 0.375. The minimum atomic E-state index is -3.59. The SMILES string of the molecule is C=C[C@@H]1C[C@H](C(=O)N[C@@H](c2cc(F)c(Cl)cc2F)C2CC2)N(C(=O)c2cncc(S(C)(=O)=O)c2)C1. The Morgan fingerprint density at radius 2 is 1.94 bits per heavy atom. The number of nitrogens with one attached hydrogen (secondary N) is 1. The number of amides is 2. The summed E-state index contributed by atoms with van der Waals surface area (Å²) in [7, 11) is -3.59. The van der Waals surface area contributed by atoms with Gasteiger partial charge in [0, 0.05) is 30.8 Å². The first-order valence-corrected chi connectivity index (χ1v) is 13.3. The molecule has 0 radical (unpaired) electrons. The maximum Gasteiger partial charge on any atom is 0.256 e. The molecule has 1 aromatic heterocycles. The van der Waals surface area contributed by atoms with Crippen molar-refractivity contribution in [2.75, 3.05) is 12.8 Å². The van der Waals surface area contributed by atoms with Crippen LogP contribution in [0.5, 0.6) is 0 Å². The largest absolute Gasteiger partial charge is 0.347 e. The van der Waals surface area contributed by atoms with Gasteiger partial charge in [-0.3, -0.25) is 14.6 Å².